The molecule has 1 unspecified atom stereocenters. The fourth-order valence-corrected chi connectivity index (χ4v) is 1.14. The summed E-state index contributed by atoms with van der Waals surface area (Å²) >= 11 is 6.49. The highest BCUT2D eigenvalue weighted by Crippen LogP contribution is 2.06. The van der Waals surface area contributed by atoms with Gasteiger partial charge >= 0.3 is 0 Å². The van der Waals surface area contributed by atoms with E-state index in [2.05, 4.69) is 15.8 Å². The van der Waals surface area contributed by atoms with Crippen molar-refractivity contribution in [2.75, 3.05) is 6.26 Å². The number of hydrazine groups is 1. The third kappa shape index (κ3) is 3.61. The first kappa shape index (κ1) is 11.4. The molecular weight excluding hydrogens is 214 g/mol. The van der Waals surface area contributed by atoms with Crippen LogP contribution in [0, 0.1) is 0 Å². The van der Waals surface area contributed by atoms with Crippen molar-refractivity contribution in [1.82, 2.24) is 15.8 Å². The summed E-state index contributed by atoms with van der Waals surface area (Å²) < 4.78 is 0.729. The summed E-state index contributed by atoms with van der Waals surface area (Å²) in [6.45, 7) is 2.03. The normalized spacial score (nSPS) is 12.1. The predicted octanol–water partition coefficient (Wildman–Crippen LogP) is 1.88. The van der Waals surface area contributed by atoms with Crippen LogP contribution in [-0.4, -0.2) is 15.6 Å². The Morgan fingerprint density at radius 2 is 2.36 bits per heavy atom. The molecule has 76 valence electrons. The monoisotopic (exact) mass is 227 g/mol. The number of hydrogen-bond donors (Lipinski definition) is 2. The Kier molecular flexibility index (Phi) is 4.86. The Bertz CT molecular complexity index is 289. The lowest BCUT2D eigenvalue weighted by Gasteiger charge is -2.14. The van der Waals surface area contributed by atoms with Crippen molar-refractivity contribution < 1.29 is 0 Å². The van der Waals surface area contributed by atoms with Gasteiger partial charge in [-0.25, -0.2) is 5.43 Å². The molecule has 14 heavy (non-hydrogen) atoms. The summed E-state index contributed by atoms with van der Waals surface area (Å²) in [7, 11) is 0. The standard InChI is InChI=1S/C9H13N3S2/c1-7(11-12-9(13)14-2)8-5-3-4-6-10-8/h3-7,11H,1-2H3,(H,12,13). The molecule has 2 N–H and O–H groups in total. The molecule has 0 bridgehead atoms. The van der Waals surface area contributed by atoms with E-state index in [1.54, 1.807) is 6.20 Å². The van der Waals surface area contributed by atoms with Crippen LogP contribution in [0.4, 0.5) is 0 Å². The average Bonchev–Trinajstić information content (AvgIpc) is 2.26. The first-order chi connectivity index (χ1) is 6.74. The SMILES string of the molecule is CSC(=S)NNC(C)c1ccccn1. The second-order valence-corrected chi connectivity index (χ2v) is 4.22. The molecule has 1 atom stereocenters. The second-order valence-electron chi connectivity index (χ2n) is 2.74. The van der Waals surface area contributed by atoms with Crippen molar-refractivity contribution in [3.8, 4) is 0 Å². The minimum Gasteiger partial charge on any atom is -0.306 e. The number of thiocarbonyl (C=S) groups is 1. The second kappa shape index (κ2) is 5.95. The van der Waals surface area contributed by atoms with Gasteiger partial charge in [-0.05, 0) is 25.3 Å². The van der Waals surface area contributed by atoms with Gasteiger partial charge in [0.15, 0.2) is 0 Å². The Morgan fingerprint density at radius 3 is 2.93 bits per heavy atom. The summed E-state index contributed by atoms with van der Waals surface area (Å²) in [5.74, 6) is 0. The predicted molar refractivity (Wildman–Crippen MR) is 65.0 cm³/mol. The van der Waals surface area contributed by atoms with E-state index in [-0.39, 0.29) is 6.04 Å². The molecule has 0 fully saturated rings. The lowest BCUT2D eigenvalue weighted by atomic mass is 10.2. The van der Waals surface area contributed by atoms with Crippen molar-refractivity contribution in [3.05, 3.63) is 30.1 Å². The fourth-order valence-electron chi connectivity index (χ4n) is 0.924. The topological polar surface area (TPSA) is 37.0 Å². The van der Waals surface area contributed by atoms with Crippen molar-refractivity contribution >= 4 is 28.3 Å². The molecule has 1 aromatic heterocycles. The van der Waals surface area contributed by atoms with Crippen LogP contribution in [0.1, 0.15) is 18.7 Å². The van der Waals surface area contributed by atoms with Gasteiger partial charge in [-0.1, -0.05) is 30.0 Å². The van der Waals surface area contributed by atoms with Gasteiger partial charge in [0.1, 0.15) is 4.32 Å². The third-order valence-electron chi connectivity index (χ3n) is 1.71. The maximum atomic E-state index is 4.99. The number of thioether (sulfide) groups is 1. The van der Waals surface area contributed by atoms with E-state index >= 15 is 0 Å². The first-order valence-electron chi connectivity index (χ1n) is 4.24. The van der Waals surface area contributed by atoms with Crippen molar-refractivity contribution in [3.63, 3.8) is 0 Å². The van der Waals surface area contributed by atoms with Gasteiger partial charge in [0, 0.05) is 6.20 Å². The lowest BCUT2D eigenvalue weighted by Crippen LogP contribution is -2.36. The summed E-state index contributed by atoms with van der Waals surface area (Å²) in [5, 5.41) is 0. The van der Waals surface area contributed by atoms with Crippen molar-refractivity contribution in [2.45, 2.75) is 13.0 Å². The fraction of sp³-hybridized carbons (Fsp3) is 0.333. The maximum absolute atomic E-state index is 4.99. The molecule has 0 aromatic carbocycles. The van der Waals surface area contributed by atoms with Gasteiger partial charge in [0.05, 0.1) is 11.7 Å². The molecule has 0 aliphatic rings. The van der Waals surface area contributed by atoms with Gasteiger partial charge in [-0.3, -0.25) is 4.98 Å². The van der Waals surface area contributed by atoms with Gasteiger partial charge in [-0.15, -0.1) is 0 Å². The highest BCUT2D eigenvalue weighted by molar-refractivity contribution is 8.22. The van der Waals surface area contributed by atoms with E-state index in [1.165, 1.54) is 11.8 Å². The van der Waals surface area contributed by atoms with Crippen LogP contribution in [0.2, 0.25) is 0 Å². The van der Waals surface area contributed by atoms with E-state index < -0.39 is 0 Å². The summed E-state index contributed by atoms with van der Waals surface area (Å²) in [6, 6.07) is 5.98. The van der Waals surface area contributed by atoms with Gasteiger partial charge in [0.25, 0.3) is 0 Å². The molecule has 1 heterocycles. The lowest BCUT2D eigenvalue weighted by molar-refractivity contribution is 0.539. The number of nitrogens with zero attached hydrogens (tertiary/aromatic N) is 1. The Morgan fingerprint density at radius 1 is 1.57 bits per heavy atom. The number of aromatic nitrogens is 1. The largest absolute Gasteiger partial charge is 0.306 e. The van der Waals surface area contributed by atoms with Crippen LogP contribution in [0.5, 0.6) is 0 Å². The molecule has 0 spiro atoms. The van der Waals surface area contributed by atoms with Crippen LogP contribution < -0.4 is 10.9 Å². The van der Waals surface area contributed by atoms with E-state index in [0.29, 0.717) is 0 Å². The molecule has 0 saturated heterocycles. The molecule has 1 rings (SSSR count). The molecule has 3 nitrogen and oxygen atoms in total. The average molecular weight is 227 g/mol. The summed E-state index contributed by atoms with van der Waals surface area (Å²) in [4.78, 5) is 4.23. The molecule has 5 heteroatoms. The molecule has 0 amide bonds. The van der Waals surface area contributed by atoms with E-state index in [0.717, 1.165) is 10.0 Å². The van der Waals surface area contributed by atoms with Crippen molar-refractivity contribution in [2.24, 2.45) is 0 Å². The minimum atomic E-state index is 0.140. The van der Waals surface area contributed by atoms with Gasteiger partial charge in [0.2, 0.25) is 0 Å². The first-order valence-corrected chi connectivity index (χ1v) is 5.87. The number of nitrogens with one attached hydrogen (secondary N) is 2. The van der Waals surface area contributed by atoms with Gasteiger partial charge < -0.3 is 5.43 Å². The van der Waals surface area contributed by atoms with Crippen LogP contribution in [-0.2, 0) is 0 Å². The number of hydrogen-bond acceptors (Lipinski definition) is 4. The smallest absolute Gasteiger partial charge is 0.147 e. The summed E-state index contributed by atoms with van der Waals surface area (Å²) in [5.41, 5.74) is 7.00. The van der Waals surface area contributed by atoms with E-state index in [1.807, 2.05) is 31.4 Å². The van der Waals surface area contributed by atoms with Gasteiger partial charge in [-0.2, -0.15) is 0 Å². The van der Waals surface area contributed by atoms with Crippen molar-refractivity contribution in [1.29, 1.82) is 0 Å². The molecular formula is C9H13N3S2. The Balaban J connectivity index is 2.43. The zero-order valence-electron chi connectivity index (χ0n) is 8.15. The van der Waals surface area contributed by atoms with Crippen LogP contribution in [0.15, 0.2) is 24.4 Å². The third-order valence-corrected chi connectivity index (χ3v) is 2.78. The van der Waals surface area contributed by atoms with E-state index in [4.69, 9.17) is 12.2 Å². The highest BCUT2D eigenvalue weighted by atomic mass is 32.2. The Hall–Kier alpha value is -0.650. The van der Waals surface area contributed by atoms with Crippen LogP contribution >= 0.6 is 24.0 Å². The molecule has 1 aromatic rings. The molecule has 0 saturated carbocycles. The summed E-state index contributed by atoms with van der Waals surface area (Å²) in [6.07, 6.45) is 3.71. The van der Waals surface area contributed by atoms with E-state index in [9.17, 15) is 0 Å². The van der Waals surface area contributed by atoms with Crippen LogP contribution in [0.3, 0.4) is 0 Å². The zero-order valence-corrected chi connectivity index (χ0v) is 9.78. The maximum Gasteiger partial charge on any atom is 0.147 e. The minimum absolute atomic E-state index is 0.140. The quantitative estimate of drug-likeness (QED) is 0.609. The molecule has 0 aliphatic carbocycles. The Labute approximate surface area is 93.7 Å². The zero-order chi connectivity index (χ0) is 10.4. The number of rotatable bonds is 3. The number of pyridine rings is 1. The molecule has 0 aliphatic heterocycles. The highest BCUT2D eigenvalue weighted by Gasteiger charge is 2.04. The van der Waals surface area contributed by atoms with Crippen LogP contribution in [0.25, 0.3) is 0 Å². The molecule has 0 radical (unpaired) electrons.